The number of hydrogen-bond acceptors (Lipinski definition) is 11. The summed E-state index contributed by atoms with van der Waals surface area (Å²) in [6.45, 7) is 12.4. The molecule has 2 fully saturated rings. The van der Waals surface area contributed by atoms with E-state index >= 15 is 0 Å². The highest BCUT2D eigenvalue weighted by molar-refractivity contribution is 5.83. The average molecular weight is 546 g/mol. The molecule has 2 heterocycles. The van der Waals surface area contributed by atoms with Gasteiger partial charge in [0, 0.05) is 26.9 Å². The summed E-state index contributed by atoms with van der Waals surface area (Å²) in [7, 11) is 4.10. The van der Waals surface area contributed by atoms with E-state index in [-0.39, 0.29) is 19.1 Å². The van der Waals surface area contributed by atoms with E-state index in [4.69, 9.17) is 24.2 Å². The summed E-state index contributed by atoms with van der Waals surface area (Å²) in [5, 5.41) is 16.8. The van der Waals surface area contributed by atoms with Crippen LogP contribution < -0.4 is 0 Å². The number of carbonyl (C=O) groups excluding carboxylic acids is 4. The molecule has 0 saturated carbocycles. The van der Waals surface area contributed by atoms with Gasteiger partial charge in [0.1, 0.15) is 23.3 Å². The predicted octanol–water partition coefficient (Wildman–Crippen LogP) is 2.24. The van der Waals surface area contributed by atoms with E-state index in [1.54, 1.807) is 54.7 Å². The Hall–Kier alpha value is -3.11. The fourth-order valence-corrected chi connectivity index (χ4v) is 3.55. The molecule has 0 radical (unpaired) electrons. The van der Waals surface area contributed by atoms with Crippen molar-refractivity contribution < 1.29 is 48.0 Å². The van der Waals surface area contributed by atoms with Gasteiger partial charge in [-0.05, 0) is 41.5 Å². The lowest BCUT2D eigenvalue weighted by atomic mass is 10.2. The quantitative estimate of drug-likeness (QED) is 0.408. The van der Waals surface area contributed by atoms with Crippen molar-refractivity contribution in [1.82, 2.24) is 9.80 Å². The van der Waals surface area contributed by atoms with Crippen molar-refractivity contribution in [1.29, 1.82) is 5.26 Å². The van der Waals surface area contributed by atoms with Gasteiger partial charge in [0.15, 0.2) is 0 Å². The molecule has 2 rings (SSSR count). The van der Waals surface area contributed by atoms with E-state index in [9.17, 15) is 24.3 Å². The fraction of sp³-hybridized carbons (Fsp3) is 0.800. The molecule has 0 bridgehead atoms. The van der Waals surface area contributed by atoms with Crippen molar-refractivity contribution in [2.75, 3.05) is 34.4 Å². The maximum Gasteiger partial charge on any atom is 0.411 e. The Morgan fingerprint density at radius 2 is 1.16 bits per heavy atom. The number of aliphatic hydroxyl groups is 1. The Morgan fingerprint density at radius 3 is 1.50 bits per heavy atom. The summed E-state index contributed by atoms with van der Waals surface area (Å²) in [5.41, 5.74) is -1.23. The Labute approximate surface area is 224 Å². The molecule has 38 heavy (non-hydrogen) atoms. The monoisotopic (exact) mass is 545 g/mol. The molecule has 4 atom stereocenters. The van der Waals surface area contributed by atoms with Gasteiger partial charge in [0.25, 0.3) is 0 Å². The van der Waals surface area contributed by atoms with Gasteiger partial charge in [-0.25, -0.2) is 19.2 Å². The van der Waals surface area contributed by atoms with Crippen LogP contribution in [-0.4, -0.2) is 109 Å². The normalized spacial score (nSPS) is 22.6. The van der Waals surface area contributed by atoms with Crippen molar-refractivity contribution in [3.63, 3.8) is 0 Å². The summed E-state index contributed by atoms with van der Waals surface area (Å²) in [6.07, 6.45) is -1.39. The number of hydrogen-bond donors (Lipinski definition) is 1. The maximum absolute atomic E-state index is 12.0. The van der Waals surface area contributed by atoms with E-state index in [1.165, 1.54) is 30.9 Å². The average Bonchev–Trinajstić information content (AvgIpc) is 3.41. The highest BCUT2D eigenvalue weighted by Gasteiger charge is 2.43. The van der Waals surface area contributed by atoms with Crippen LogP contribution in [0, 0.1) is 11.3 Å². The summed E-state index contributed by atoms with van der Waals surface area (Å²) in [6, 6.07) is 0.361. The molecule has 0 aromatic heterocycles. The van der Waals surface area contributed by atoms with Crippen LogP contribution in [0.4, 0.5) is 9.59 Å². The zero-order valence-corrected chi connectivity index (χ0v) is 24.1. The number of β-amino-alcohol motifs (C(OH)–C–C–N with tert-alkyl or cyclic N) is 1. The Bertz CT molecular complexity index is 844. The predicted molar refractivity (Wildman–Crippen MR) is 135 cm³/mol. The number of rotatable bonds is 3. The highest BCUT2D eigenvalue weighted by Crippen LogP contribution is 2.24. The molecule has 0 aliphatic carbocycles. The number of likely N-dealkylation sites (tertiary alicyclic amines) is 2. The summed E-state index contributed by atoms with van der Waals surface area (Å²) >= 11 is 0. The summed E-state index contributed by atoms with van der Waals surface area (Å²) < 4.78 is 24.9. The van der Waals surface area contributed by atoms with Crippen LogP contribution in [0.5, 0.6) is 0 Å². The zero-order chi connectivity index (χ0) is 29.8. The van der Waals surface area contributed by atoms with Crippen LogP contribution >= 0.6 is 0 Å². The van der Waals surface area contributed by atoms with Gasteiger partial charge in [-0.2, -0.15) is 5.26 Å². The van der Waals surface area contributed by atoms with Crippen LogP contribution in [0.3, 0.4) is 0 Å². The second kappa shape index (κ2) is 15.3. The molecule has 0 aromatic rings. The molecule has 13 heteroatoms. The zero-order valence-electron chi connectivity index (χ0n) is 24.1. The van der Waals surface area contributed by atoms with Crippen LogP contribution in [0.25, 0.3) is 0 Å². The van der Waals surface area contributed by atoms with Crippen molar-refractivity contribution in [3.05, 3.63) is 0 Å². The molecule has 0 unspecified atom stereocenters. The van der Waals surface area contributed by atoms with Gasteiger partial charge >= 0.3 is 24.1 Å². The van der Waals surface area contributed by atoms with E-state index in [2.05, 4.69) is 4.74 Å². The lowest BCUT2D eigenvalue weighted by molar-refractivity contribution is -0.146. The number of carbonyl (C=O) groups is 4. The first-order valence-electron chi connectivity index (χ1n) is 12.1. The second-order valence-electron chi connectivity index (χ2n) is 10.5. The summed E-state index contributed by atoms with van der Waals surface area (Å²) in [4.78, 5) is 49.5. The third kappa shape index (κ3) is 12.0. The van der Waals surface area contributed by atoms with Gasteiger partial charge in [-0.1, -0.05) is 0 Å². The second-order valence-corrected chi connectivity index (χ2v) is 10.5. The molecule has 2 amide bonds. The minimum absolute atomic E-state index is 0.0919. The molecular weight excluding hydrogens is 502 g/mol. The maximum atomic E-state index is 12.0. The number of ether oxygens (including phenoxy) is 5. The molecule has 2 aliphatic heterocycles. The van der Waals surface area contributed by atoms with Crippen molar-refractivity contribution in [2.45, 2.75) is 96.8 Å². The minimum atomic E-state index is -0.759. The Kier molecular flexibility index (Phi) is 14.1. The van der Waals surface area contributed by atoms with Crippen molar-refractivity contribution >= 4 is 24.1 Å². The topological polar surface area (TPSA) is 165 Å². The van der Waals surface area contributed by atoms with Crippen molar-refractivity contribution in [3.8, 4) is 6.07 Å². The van der Waals surface area contributed by atoms with Gasteiger partial charge < -0.3 is 28.8 Å². The van der Waals surface area contributed by atoms with E-state index in [0.29, 0.717) is 13.0 Å². The van der Waals surface area contributed by atoms with Crippen LogP contribution in [0.15, 0.2) is 0 Å². The molecule has 218 valence electrons. The molecule has 13 nitrogen and oxygen atoms in total. The van der Waals surface area contributed by atoms with E-state index < -0.39 is 53.5 Å². The van der Waals surface area contributed by atoms with Crippen LogP contribution in [0.1, 0.15) is 61.3 Å². The first kappa shape index (κ1) is 34.9. The minimum Gasteiger partial charge on any atom is -0.467 e. The number of amides is 2. The van der Waals surface area contributed by atoms with Crippen LogP contribution in [-0.2, 0) is 33.3 Å². The number of aliphatic hydroxyl groups excluding tert-OH is 1. The van der Waals surface area contributed by atoms with Crippen molar-refractivity contribution in [2.24, 2.45) is 0 Å². The molecule has 1 N–H and O–H groups in total. The van der Waals surface area contributed by atoms with Gasteiger partial charge in [0.05, 0.1) is 45.6 Å². The van der Waals surface area contributed by atoms with Gasteiger partial charge in [-0.3, -0.25) is 9.80 Å². The van der Waals surface area contributed by atoms with Crippen LogP contribution in [0.2, 0.25) is 0 Å². The number of nitrogens with zero attached hydrogens (tertiary/aromatic N) is 3. The van der Waals surface area contributed by atoms with E-state index in [0.717, 1.165) is 0 Å². The standard InChI is InChI=1S/C12H21NO5.C11H19NO5.C2H3N/c1-12(2,3)18-11(15)13-7-8(16-4)6-9(13)10(14)17-5;1-11(2,3)17-10(15)12-6-7(13)5-8(12)9(14)16-4;1-2-3/h8-9H,6-7H2,1-5H3;7-8,13H,5-6H2,1-4H3;1H3/t8-,9+;7-,8+;/m00./s1. The summed E-state index contributed by atoms with van der Waals surface area (Å²) in [5.74, 6) is -0.979. The number of esters is 2. The lowest BCUT2D eigenvalue weighted by Crippen LogP contribution is -2.44. The number of methoxy groups -OCH3 is 3. The largest absolute Gasteiger partial charge is 0.467 e. The molecular formula is C25H43N3O10. The first-order valence-corrected chi connectivity index (χ1v) is 12.1. The lowest BCUT2D eigenvalue weighted by Gasteiger charge is -2.27. The molecule has 0 aromatic carbocycles. The third-order valence-electron chi connectivity index (χ3n) is 5.08. The Balaban J connectivity index is 0.000000654. The molecule has 0 spiro atoms. The first-order chi connectivity index (χ1) is 17.4. The molecule has 2 saturated heterocycles. The SMILES string of the molecule is CC#N.COC(=O)[C@H]1C[C@H](O)CN1C(=O)OC(C)(C)C.COC(=O)[C@H]1C[C@H](OC)CN1C(=O)OC(C)(C)C. The fourth-order valence-electron chi connectivity index (χ4n) is 3.55. The molecule has 2 aliphatic rings. The highest BCUT2D eigenvalue weighted by atomic mass is 16.6. The van der Waals surface area contributed by atoms with E-state index in [1.807, 2.05) is 0 Å². The smallest absolute Gasteiger partial charge is 0.411 e. The Morgan fingerprint density at radius 1 is 0.789 bits per heavy atom. The number of nitriles is 1. The third-order valence-corrected chi connectivity index (χ3v) is 5.08. The van der Waals surface area contributed by atoms with Gasteiger partial charge in [-0.15, -0.1) is 0 Å². The van der Waals surface area contributed by atoms with Gasteiger partial charge in [0.2, 0.25) is 0 Å².